The largest absolute Gasteiger partial charge is 0.478 e. The molecule has 0 aromatic heterocycles. The highest BCUT2D eigenvalue weighted by Crippen LogP contribution is 2.24. The highest BCUT2D eigenvalue weighted by Gasteiger charge is 2.44. The molecule has 5 atom stereocenters. The predicted octanol–water partition coefficient (Wildman–Crippen LogP) is -0.832. The Morgan fingerprint density at radius 1 is 1.18 bits per heavy atom. The molecule has 11 nitrogen and oxygen atoms in total. The van der Waals surface area contributed by atoms with Crippen LogP contribution in [-0.2, 0) is 24.3 Å². The molecule has 1 aromatic carbocycles. The van der Waals surface area contributed by atoms with Crippen LogP contribution in [0.15, 0.2) is 47.6 Å². The molecule has 12 heteroatoms. The second kappa shape index (κ2) is 11.4. The molecular weight excluding hydrogens is 456 g/mol. The minimum absolute atomic E-state index is 0.532. The third-order valence-corrected chi connectivity index (χ3v) is 5.93. The van der Waals surface area contributed by atoms with E-state index in [0.29, 0.717) is 5.56 Å². The van der Waals surface area contributed by atoms with Crippen LogP contribution in [-0.4, -0.2) is 77.7 Å². The van der Waals surface area contributed by atoms with Crippen molar-refractivity contribution in [2.75, 3.05) is 6.61 Å². The fourth-order valence-corrected chi connectivity index (χ4v) is 4.04. The topological polar surface area (TPSA) is 182 Å². The van der Waals surface area contributed by atoms with E-state index < -0.39 is 70.6 Å². The summed E-state index contributed by atoms with van der Waals surface area (Å²) in [6, 6.07) is 5.89. The first-order chi connectivity index (χ1) is 15.4. The molecule has 0 aliphatic carbocycles. The standard InChI is InChI=1S/C21H28N2O9S/c1-12(2)20(27)22-17-14(23-33(30,31)9-8-13-6-4-3-5-7-13)10-16(21(28)29)32-19(17)18(26)15(25)11-24/h3-10,12,14-15,17-19,23-26H,11H2,1-2H3,(H,22,27)(H,28,29)/b9-8+/t14-,15?,17+,18+,19+/m0/s1. The van der Waals surface area contributed by atoms with Crippen molar-refractivity contribution >= 4 is 28.0 Å². The number of aliphatic carboxylic acids is 1. The van der Waals surface area contributed by atoms with Crippen LogP contribution in [0.5, 0.6) is 0 Å². The van der Waals surface area contributed by atoms with Crippen LogP contribution in [0.2, 0.25) is 0 Å². The van der Waals surface area contributed by atoms with Gasteiger partial charge in [-0.05, 0) is 17.7 Å². The minimum Gasteiger partial charge on any atom is -0.478 e. The smallest absolute Gasteiger partial charge is 0.370 e. The van der Waals surface area contributed by atoms with Crippen molar-refractivity contribution in [3.8, 4) is 0 Å². The number of carbonyl (C=O) groups excluding carboxylic acids is 1. The van der Waals surface area contributed by atoms with Crippen molar-refractivity contribution in [1.29, 1.82) is 0 Å². The van der Waals surface area contributed by atoms with E-state index in [9.17, 15) is 38.4 Å². The molecule has 6 N–H and O–H groups in total. The number of aliphatic hydroxyl groups is 3. The molecule has 1 aromatic rings. The second-order valence-electron chi connectivity index (χ2n) is 7.75. The van der Waals surface area contributed by atoms with Gasteiger partial charge in [-0.1, -0.05) is 44.2 Å². The lowest BCUT2D eigenvalue weighted by molar-refractivity contribution is -0.146. The van der Waals surface area contributed by atoms with Gasteiger partial charge in [-0.15, -0.1) is 0 Å². The molecule has 1 unspecified atom stereocenters. The van der Waals surface area contributed by atoms with Crippen LogP contribution in [0.3, 0.4) is 0 Å². The number of rotatable bonds is 10. The summed E-state index contributed by atoms with van der Waals surface area (Å²) >= 11 is 0. The maximum absolute atomic E-state index is 12.7. The molecule has 33 heavy (non-hydrogen) atoms. The lowest BCUT2D eigenvalue weighted by Gasteiger charge is -2.40. The highest BCUT2D eigenvalue weighted by atomic mass is 32.2. The van der Waals surface area contributed by atoms with Crippen molar-refractivity contribution in [3.63, 3.8) is 0 Å². The number of nitrogens with one attached hydrogen (secondary N) is 2. The lowest BCUT2D eigenvalue weighted by atomic mass is 9.92. The van der Waals surface area contributed by atoms with Crippen LogP contribution < -0.4 is 10.0 Å². The Morgan fingerprint density at radius 3 is 2.36 bits per heavy atom. The molecule has 1 heterocycles. The molecule has 0 fully saturated rings. The number of carboxylic acid groups (broad SMARTS) is 1. The van der Waals surface area contributed by atoms with Gasteiger partial charge < -0.3 is 30.5 Å². The van der Waals surface area contributed by atoms with E-state index in [1.54, 1.807) is 44.2 Å². The first kappa shape index (κ1) is 26.5. The number of amides is 1. The Bertz CT molecular complexity index is 992. The van der Waals surface area contributed by atoms with Gasteiger partial charge in [0.25, 0.3) is 0 Å². The van der Waals surface area contributed by atoms with E-state index in [0.717, 1.165) is 11.5 Å². The number of carboxylic acids is 1. The van der Waals surface area contributed by atoms with Crippen LogP contribution in [0.25, 0.3) is 6.08 Å². The maximum Gasteiger partial charge on any atom is 0.370 e. The zero-order valence-corrected chi connectivity index (χ0v) is 18.8. The Hall–Kier alpha value is -2.77. The number of ether oxygens (including phenoxy) is 1. The van der Waals surface area contributed by atoms with E-state index >= 15 is 0 Å². The number of hydrogen-bond donors (Lipinski definition) is 6. The molecule has 0 bridgehead atoms. The number of aliphatic hydroxyl groups excluding tert-OH is 3. The molecular formula is C21H28N2O9S. The van der Waals surface area contributed by atoms with Crippen molar-refractivity contribution in [2.45, 2.75) is 44.2 Å². The van der Waals surface area contributed by atoms with Crippen molar-refractivity contribution in [1.82, 2.24) is 10.0 Å². The van der Waals surface area contributed by atoms with Gasteiger partial charge in [0.15, 0.2) is 0 Å². The number of carbonyl (C=O) groups is 2. The molecule has 1 aliphatic heterocycles. The Labute approximate surface area is 191 Å². The normalized spacial score (nSPS) is 23.0. The van der Waals surface area contributed by atoms with Crippen molar-refractivity contribution in [3.05, 3.63) is 53.1 Å². The quantitative estimate of drug-likeness (QED) is 0.247. The van der Waals surface area contributed by atoms with Gasteiger partial charge in [-0.2, -0.15) is 0 Å². The van der Waals surface area contributed by atoms with Crippen molar-refractivity contribution in [2.24, 2.45) is 5.92 Å². The molecule has 2 rings (SSSR count). The fraction of sp³-hybridized carbons (Fsp3) is 0.429. The van der Waals surface area contributed by atoms with Gasteiger partial charge in [0.1, 0.15) is 18.3 Å². The molecule has 1 aliphatic rings. The third-order valence-electron chi connectivity index (χ3n) is 4.84. The van der Waals surface area contributed by atoms with Crippen LogP contribution >= 0.6 is 0 Å². The Balaban J connectivity index is 2.43. The molecule has 0 spiro atoms. The lowest BCUT2D eigenvalue weighted by Crippen LogP contribution is -2.64. The van der Waals surface area contributed by atoms with E-state index in [-0.39, 0.29) is 0 Å². The molecule has 1 amide bonds. The van der Waals surface area contributed by atoms with E-state index in [2.05, 4.69) is 10.0 Å². The average Bonchev–Trinajstić information content (AvgIpc) is 2.77. The van der Waals surface area contributed by atoms with Gasteiger partial charge in [-0.25, -0.2) is 17.9 Å². The predicted molar refractivity (Wildman–Crippen MR) is 118 cm³/mol. The summed E-state index contributed by atoms with van der Waals surface area (Å²) < 4.78 is 33.0. The van der Waals surface area contributed by atoms with E-state index in [4.69, 9.17) is 4.74 Å². The van der Waals surface area contributed by atoms with Crippen LogP contribution in [0.1, 0.15) is 19.4 Å². The summed E-state index contributed by atoms with van der Waals surface area (Å²) in [6.07, 6.45) is -2.89. The van der Waals surface area contributed by atoms with Gasteiger partial charge in [0.2, 0.25) is 21.7 Å². The Morgan fingerprint density at radius 2 is 1.82 bits per heavy atom. The summed E-state index contributed by atoms with van der Waals surface area (Å²) in [6.45, 7) is 2.27. The number of benzene rings is 1. The maximum atomic E-state index is 12.7. The zero-order valence-electron chi connectivity index (χ0n) is 18.0. The summed E-state index contributed by atoms with van der Waals surface area (Å²) in [7, 11) is -4.16. The SMILES string of the molecule is CC(C)C(=O)N[C@H]1[C@H]([C@H](O)C(O)CO)OC(C(=O)O)=C[C@@H]1NS(=O)(=O)/C=C/c1ccccc1. The fourth-order valence-electron chi connectivity index (χ4n) is 3.03. The minimum atomic E-state index is -4.16. The molecule has 182 valence electrons. The summed E-state index contributed by atoms with van der Waals surface area (Å²) in [5, 5.41) is 42.3. The first-order valence-electron chi connectivity index (χ1n) is 10.1. The second-order valence-corrected chi connectivity index (χ2v) is 9.35. The summed E-state index contributed by atoms with van der Waals surface area (Å²) in [4.78, 5) is 23.9. The summed E-state index contributed by atoms with van der Waals surface area (Å²) in [5.41, 5.74) is 0.598. The monoisotopic (exact) mass is 484 g/mol. The average molecular weight is 485 g/mol. The number of sulfonamides is 1. The van der Waals surface area contributed by atoms with Gasteiger partial charge in [0, 0.05) is 11.3 Å². The molecule has 0 radical (unpaired) electrons. The van der Waals surface area contributed by atoms with Crippen molar-refractivity contribution < 1.29 is 43.2 Å². The van der Waals surface area contributed by atoms with Gasteiger partial charge >= 0.3 is 5.97 Å². The number of hydrogen-bond acceptors (Lipinski definition) is 8. The van der Waals surface area contributed by atoms with Gasteiger partial charge in [-0.3, -0.25) is 4.79 Å². The highest BCUT2D eigenvalue weighted by molar-refractivity contribution is 7.92. The van der Waals surface area contributed by atoms with E-state index in [1.165, 1.54) is 6.08 Å². The molecule has 0 saturated heterocycles. The van der Waals surface area contributed by atoms with E-state index in [1.807, 2.05) is 0 Å². The zero-order chi connectivity index (χ0) is 24.8. The third kappa shape index (κ3) is 7.37. The summed E-state index contributed by atoms with van der Waals surface area (Å²) in [5.74, 6) is -3.32. The van der Waals surface area contributed by atoms with Crippen LogP contribution in [0.4, 0.5) is 0 Å². The van der Waals surface area contributed by atoms with Gasteiger partial charge in [0.05, 0.1) is 18.7 Å². The Kier molecular flexibility index (Phi) is 9.14. The molecule has 0 saturated carbocycles. The van der Waals surface area contributed by atoms with Crippen LogP contribution in [0, 0.1) is 5.92 Å². The first-order valence-corrected chi connectivity index (χ1v) is 11.6.